The van der Waals surface area contributed by atoms with Gasteiger partial charge in [0.25, 0.3) is 15.6 Å². The van der Waals surface area contributed by atoms with Crippen LogP contribution in [0.3, 0.4) is 0 Å². The van der Waals surface area contributed by atoms with Crippen LogP contribution in [0, 0.1) is 5.41 Å². The van der Waals surface area contributed by atoms with Gasteiger partial charge in [-0.05, 0) is 25.7 Å². The Morgan fingerprint density at radius 3 is 2.41 bits per heavy atom. The fourth-order valence-corrected chi connectivity index (χ4v) is 9.32. The van der Waals surface area contributed by atoms with Crippen molar-refractivity contribution in [3.8, 4) is 0 Å². The lowest BCUT2D eigenvalue weighted by molar-refractivity contribution is -0.347. The molecule has 2 aromatic heterocycles. The maximum atomic E-state index is 12.6. The molecule has 7 N–H and O–H groups in total. The number of phosphoric ester groups is 3. The number of fused-ring (bicyclic) bond motifs is 1. The van der Waals surface area contributed by atoms with E-state index in [2.05, 4.69) is 56.5 Å². The Hall–Kier alpha value is -2.74. The van der Waals surface area contributed by atoms with E-state index in [9.17, 15) is 63.0 Å². The fraction of sp³-hybridized carbons (Fsp3) is 0.706. The number of aliphatic hydroxyl groups excluding tert-OH is 3. The maximum absolute atomic E-state index is 12.6. The van der Waals surface area contributed by atoms with Crippen molar-refractivity contribution < 1.29 is 85.6 Å². The number of imidazole rings is 1. The summed E-state index contributed by atoms with van der Waals surface area (Å²) in [4.78, 5) is 96.6. The molecule has 1 aliphatic heterocycles. The van der Waals surface area contributed by atoms with Gasteiger partial charge in [-0.15, -0.1) is 0 Å². The van der Waals surface area contributed by atoms with Crippen LogP contribution in [0.25, 0.3) is 11.2 Å². The topological polar surface area (TPSA) is 395 Å². The monoisotopic (exact) mass is 973 g/mol. The van der Waals surface area contributed by atoms with E-state index in [1.807, 2.05) is 6.08 Å². The molecule has 1 saturated heterocycles. The van der Waals surface area contributed by atoms with Gasteiger partial charge in [-0.3, -0.25) is 28.1 Å². The maximum Gasteiger partial charge on any atom is 0.274 e. The molecular formula is C34H54N7O18P3S-4. The molecule has 0 radical (unpaired) electrons. The Bertz CT molecular complexity index is 1990. The van der Waals surface area contributed by atoms with Crippen molar-refractivity contribution in [2.45, 2.75) is 115 Å². The molecule has 2 amide bonds. The number of thioether (sulfide) groups is 1. The molecule has 1 fully saturated rings. The molecule has 3 rings (SSSR count). The zero-order valence-electron chi connectivity index (χ0n) is 34.8. The van der Waals surface area contributed by atoms with Crippen LogP contribution in [-0.4, -0.2) is 114 Å². The number of nitrogens with two attached hydrogens (primary N) is 1. The molecule has 0 spiro atoms. The zero-order valence-corrected chi connectivity index (χ0v) is 38.3. The highest BCUT2D eigenvalue weighted by molar-refractivity contribution is 8.13. The SMILES string of the molecule is CCCCCC/C=C\CC[C@@H](O)CC(=O)SCCNC(=O)CCNC(=O)[C@H](O)C(C)(C)COP(=O)([O-])OP(=O)([O-])OC[C@H]1O[C@@H](n2cnc3c(N)ncnc32)[C@H](O)[C@@H]1OP(=O)([O-])[O-]. The first-order chi connectivity index (χ1) is 29.4. The van der Waals surface area contributed by atoms with E-state index in [4.69, 9.17) is 10.5 Å². The molecule has 0 saturated carbocycles. The second-order valence-corrected chi connectivity index (χ2v) is 20.2. The normalized spacial score (nSPS) is 21.2. The summed E-state index contributed by atoms with van der Waals surface area (Å²) in [5.74, 6) is -1.36. The van der Waals surface area contributed by atoms with Gasteiger partial charge in [-0.1, -0.05) is 63.9 Å². The molecule has 3 heterocycles. The third kappa shape index (κ3) is 18.9. The number of phosphoric acid groups is 3. The van der Waals surface area contributed by atoms with Gasteiger partial charge in [-0.2, -0.15) is 0 Å². The van der Waals surface area contributed by atoms with Crippen molar-refractivity contribution in [1.82, 2.24) is 30.2 Å². The summed E-state index contributed by atoms with van der Waals surface area (Å²) in [6, 6.07) is 0. The summed E-state index contributed by atoms with van der Waals surface area (Å²) in [7, 11) is -17.6. The van der Waals surface area contributed by atoms with Gasteiger partial charge in [0.2, 0.25) is 11.8 Å². The molecule has 63 heavy (non-hydrogen) atoms. The largest absolute Gasteiger partial charge is 0.790 e. The molecule has 2 unspecified atom stereocenters. The van der Waals surface area contributed by atoms with Crippen molar-refractivity contribution in [2.24, 2.45) is 5.41 Å². The number of nitrogen functional groups attached to an aromatic ring is 1. The summed E-state index contributed by atoms with van der Waals surface area (Å²) in [5, 5.41) is 36.2. The minimum atomic E-state index is -5.93. The first-order valence-corrected chi connectivity index (χ1v) is 25.1. The third-order valence-electron chi connectivity index (χ3n) is 9.20. The summed E-state index contributed by atoms with van der Waals surface area (Å²) in [6.45, 7) is 2.12. The smallest absolute Gasteiger partial charge is 0.274 e. The molecule has 25 nitrogen and oxygen atoms in total. The van der Waals surface area contributed by atoms with Crippen molar-refractivity contribution in [2.75, 3.05) is 37.8 Å². The van der Waals surface area contributed by atoms with Gasteiger partial charge in [0.1, 0.15) is 36.3 Å². The van der Waals surface area contributed by atoms with Crippen molar-refractivity contribution in [3.05, 3.63) is 24.8 Å². The molecule has 0 aromatic carbocycles. The number of anilines is 1. The summed E-state index contributed by atoms with van der Waals surface area (Å²) < 4.78 is 60.7. The highest BCUT2D eigenvalue weighted by atomic mass is 32.2. The van der Waals surface area contributed by atoms with Crippen LogP contribution >= 0.6 is 35.2 Å². The lowest BCUT2D eigenvalue weighted by atomic mass is 9.87. The minimum Gasteiger partial charge on any atom is -0.790 e. The van der Waals surface area contributed by atoms with Crippen molar-refractivity contribution in [1.29, 1.82) is 0 Å². The van der Waals surface area contributed by atoms with Crippen LogP contribution in [0.2, 0.25) is 0 Å². The second-order valence-electron chi connectivity index (χ2n) is 15.0. The summed E-state index contributed by atoms with van der Waals surface area (Å²) in [5.41, 5.74) is 4.05. The van der Waals surface area contributed by atoms with Gasteiger partial charge in [0.05, 0.1) is 33.5 Å². The first kappa shape index (κ1) is 54.6. The number of ether oxygens (including phenoxy) is 1. The highest BCUT2D eigenvalue weighted by Crippen LogP contribution is 2.56. The van der Waals surface area contributed by atoms with E-state index in [-0.39, 0.29) is 53.8 Å². The highest BCUT2D eigenvalue weighted by Gasteiger charge is 2.47. The first-order valence-electron chi connectivity index (χ1n) is 19.8. The van der Waals surface area contributed by atoms with E-state index in [1.54, 1.807) is 0 Å². The molecule has 2 aromatic rings. The van der Waals surface area contributed by atoms with Crippen LogP contribution in [0.4, 0.5) is 5.82 Å². The third-order valence-corrected chi connectivity index (χ3v) is 13.1. The Morgan fingerprint density at radius 1 is 1.02 bits per heavy atom. The average Bonchev–Trinajstić information content (AvgIpc) is 3.75. The molecule has 1 aliphatic rings. The quantitative estimate of drug-likeness (QED) is 0.0330. The number of nitrogens with zero attached hydrogens (tertiary/aromatic N) is 4. The fourth-order valence-electron chi connectivity index (χ4n) is 5.84. The van der Waals surface area contributed by atoms with E-state index in [1.165, 1.54) is 33.1 Å². The van der Waals surface area contributed by atoms with Gasteiger partial charge >= 0.3 is 0 Å². The van der Waals surface area contributed by atoms with Crippen molar-refractivity contribution >= 4 is 69.1 Å². The number of carbonyl (C=O) groups is 3. The number of aromatic nitrogens is 4. The predicted octanol–water partition coefficient (Wildman–Crippen LogP) is -0.805. The lowest BCUT2D eigenvalue weighted by Crippen LogP contribution is -2.46. The number of carbonyl (C=O) groups excluding carboxylic acids is 3. The molecule has 29 heteroatoms. The number of amides is 2. The Morgan fingerprint density at radius 2 is 1.71 bits per heavy atom. The number of rotatable bonds is 29. The molecular weight excluding hydrogens is 919 g/mol. The number of nitrogens with one attached hydrogen (secondary N) is 2. The van der Waals surface area contributed by atoms with Crippen LogP contribution < -0.4 is 35.9 Å². The summed E-state index contributed by atoms with van der Waals surface area (Å²) in [6.07, 6.45) is 2.46. The van der Waals surface area contributed by atoms with E-state index < -0.39 is 90.7 Å². The lowest BCUT2D eigenvalue weighted by Gasteiger charge is -2.36. The van der Waals surface area contributed by atoms with E-state index in [0.717, 1.165) is 41.8 Å². The number of hydrogen-bond donors (Lipinski definition) is 6. The second kappa shape index (κ2) is 25.2. The Kier molecular flexibility index (Phi) is 21.9. The minimum absolute atomic E-state index is 0.0185. The number of allylic oxidation sites excluding steroid dienone is 2. The van der Waals surface area contributed by atoms with Gasteiger partial charge in [0, 0.05) is 37.1 Å². The van der Waals surface area contributed by atoms with Gasteiger partial charge < -0.3 is 74.1 Å². The Labute approximate surface area is 367 Å². The van der Waals surface area contributed by atoms with Crippen LogP contribution in [-0.2, 0) is 50.7 Å². The zero-order chi connectivity index (χ0) is 47.0. The van der Waals surface area contributed by atoms with Gasteiger partial charge in [-0.25, -0.2) is 19.3 Å². The standard InChI is InChI=1S/C34H58N7O18P3S/c1-4-5-6-7-8-9-10-11-12-22(42)17-25(44)63-16-15-36-24(43)13-14-37-32(47)29(46)34(2,3)19-56-62(53,54)59-61(51,52)55-18-23-28(58-60(48,49)50)27(45)33(57-23)41-21-40-26-30(35)38-20-39-31(26)41/h9-10,20-23,27-29,33,42,45-46H,4-8,11-19H2,1-3H3,(H,36,43)(H,37,47)(H,51,52)(H,53,54)(H2,35,38,39)(H2,48,49,50)/p-4/b10-9-/t22-,23-,27-,28-,29+,33-/m1/s1. The number of hydrogen-bond acceptors (Lipinski definition) is 23. The van der Waals surface area contributed by atoms with Crippen LogP contribution in [0.1, 0.15) is 84.8 Å². The van der Waals surface area contributed by atoms with Crippen LogP contribution in [0.15, 0.2) is 24.8 Å². The summed E-state index contributed by atoms with van der Waals surface area (Å²) >= 11 is 0.964. The number of unbranched alkanes of at least 4 members (excludes halogenated alkanes) is 4. The molecule has 0 bridgehead atoms. The Balaban J connectivity index is 1.38. The van der Waals surface area contributed by atoms with E-state index in [0.29, 0.717) is 12.8 Å². The van der Waals surface area contributed by atoms with Crippen LogP contribution in [0.5, 0.6) is 0 Å². The number of aliphatic hydroxyl groups is 3. The molecule has 358 valence electrons. The molecule has 8 atom stereocenters. The van der Waals surface area contributed by atoms with Gasteiger partial charge in [0.15, 0.2) is 22.8 Å². The van der Waals surface area contributed by atoms with Crippen molar-refractivity contribution in [3.63, 3.8) is 0 Å². The average molecular weight is 974 g/mol. The molecule has 0 aliphatic carbocycles. The predicted molar refractivity (Wildman–Crippen MR) is 216 cm³/mol. The van der Waals surface area contributed by atoms with E-state index >= 15 is 0 Å².